The van der Waals surface area contributed by atoms with Crippen molar-refractivity contribution in [2.45, 2.75) is 44.5 Å². The van der Waals surface area contributed by atoms with Crippen molar-refractivity contribution in [3.63, 3.8) is 0 Å². The largest absolute Gasteiger partial charge is 0.479 e. The lowest BCUT2D eigenvalue weighted by Gasteiger charge is -2.14. The van der Waals surface area contributed by atoms with Crippen molar-refractivity contribution in [1.29, 1.82) is 0 Å². The van der Waals surface area contributed by atoms with Gasteiger partial charge in [0.05, 0.1) is 24.7 Å². The lowest BCUT2D eigenvalue weighted by molar-refractivity contribution is -0.149. The number of ether oxygens (including phenoxy) is 2. The van der Waals surface area contributed by atoms with Crippen LogP contribution in [0.5, 0.6) is 0 Å². The van der Waals surface area contributed by atoms with Gasteiger partial charge in [0.15, 0.2) is 6.10 Å². The number of carbonyl (C=O) groups excluding carboxylic acids is 1. The van der Waals surface area contributed by atoms with Crippen LogP contribution >= 0.6 is 0 Å². The molecule has 0 radical (unpaired) electrons. The Labute approximate surface area is 106 Å². The van der Waals surface area contributed by atoms with E-state index in [2.05, 4.69) is 5.32 Å². The summed E-state index contributed by atoms with van der Waals surface area (Å²) >= 11 is 0. The molecule has 4 atom stereocenters. The zero-order valence-electron chi connectivity index (χ0n) is 10.4. The van der Waals surface area contributed by atoms with Crippen molar-refractivity contribution in [3.05, 3.63) is 0 Å². The molecule has 1 amide bonds. The number of hydrogen-bond acceptors (Lipinski definition) is 4. The van der Waals surface area contributed by atoms with Gasteiger partial charge in [0, 0.05) is 6.54 Å². The fourth-order valence-electron chi connectivity index (χ4n) is 2.40. The summed E-state index contributed by atoms with van der Waals surface area (Å²) < 4.78 is 10.6. The number of carboxylic acids is 1. The molecule has 2 fully saturated rings. The minimum atomic E-state index is -0.929. The molecule has 2 heterocycles. The van der Waals surface area contributed by atoms with E-state index < -0.39 is 12.1 Å². The SMILES string of the molecule is CC1CC(C(=O)NCC2CCC(C(=O)O)O2)CO1. The van der Waals surface area contributed by atoms with Crippen LogP contribution in [0.2, 0.25) is 0 Å². The second kappa shape index (κ2) is 5.67. The molecule has 0 saturated carbocycles. The Kier molecular flexibility index (Phi) is 4.19. The van der Waals surface area contributed by atoms with Crippen LogP contribution in [-0.2, 0) is 19.1 Å². The molecule has 6 nitrogen and oxygen atoms in total. The smallest absolute Gasteiger partial charge is 0.332 e. The van der Waals surface area contributed by atoms with Crippen molar-refractivity contribution in [1.82, 2.24) is 5.32 Å². The summed E-state index contributed by atoms with van der Waals surface area (Å²) in [5.74, 6) is -1.04. The van der Waals surface area contributed by atoms with Crippen molar-refractivity contribution < 1.29 is 24.2 Å². The highest BCUT2D eigenvalue weighted by Crippen LogP contribution is 2.21. The quantitative estimate of drug-likeness (QED) is 0.749. The van der Waals surface area contributed by atoms with E-state index >= 15 is 0 Å². The molecular formula is C12H19NO5. The van der Waals surface area contributed by atoms with Crippen LogP contribution in [0.15, 0.2) is 0 Å². The molecule has 102 valence electrons. The van der Waals surface area contributed by atoms with Crippen LogP contribution in [0.4, 0.5) is 0 Å². The molecule has 2 N–H and O–H groups in total. The number of aliphatic carboxylic acids is 1. The molecular weight excluding hydrogens is 238 g/mol. The molecule has 2 rings (SSSR count). The van der Waals surface area contributed by atoms with Gasteiger partial charge in [-0.3, -0.25) is 4.79 Å². The summed E-state index contributed by atoms with van der Waals surface area (Å²) in [6.45, 7) is 2.80. The van der Waals surface area contributed by atoms with E-state index in [0.717, 1.165) is 6.42 Å². The third-order valence-electron chi connectivity index (χ3n) is 3.46. The van der Waals surface area contributed by atoms with E-state index in [1.807, 2.05) is 6.92 Å². The van der Waals surface area contributed by atoms with Crippen molar-refractivity contribution in [2.24, 2.45) is 5.92 Å². The monoisotopic (exact) mass is 257 g/mol. The highest BCUT2D eigenvalue weighted by molar-refractivity contribution is 5.79. The first-order valence-electron chi connectivity index (χ1n) is 6.34. The van der Waals surface area contributed by atoms with E-state index in [-0.39, 0.29) is 24.0 Å². The van der Waals surface area contributed by atoms with Gasteiger partial charge in [-0.2, -0.15) is 0 Å². The number of rotatable bonds is 4. The highest BCUT2D eigenvalue weighted by atomic mass is 16.5. The van der Waals surface area contributed by atoms with Crippen molar-refractivity contribution >= 4 is 11.9 Å². The van der Waals surface area contributed by atoms with Crippen molar-refractivity contribution in [2.75, 3.05) is 13.2 Å². The molecule has 4 unspecified atom stereocenters. The van der Waals surface area contributed by atoms with Crippen LogP contribution in [0, 0.1) is 5.92 Å². The first-order valence-corrected chi connectivity index (χ1v) is 6.34. The van der Waals surface area contributed by atoms with E-state index in [1.54, 1.807) is 0 Å². The minimum Gasteiger partial charge on any atom is -0.479 e. The fourth-order valence-corrected chi connectivity index (χ4v) is 2.40. The summed E-state index contributed by atoms with van der Waals surface area (Å²) in [5.41, 5.74) is 0. The lowest BCUT2D eigenvalue weighted by atomic mass is 10.1. The Bertz CT molecular complexity index is 332. The van der Waals surface area contributed by atoms with Gasteiger partial charge in [-0.15, -0.1) is 0 Å². The summed E-state index contributed by atoms with van der Waals surface area (Å²) in [5, 5.41) is 11.6. The fraction of sp³-hybridized carbons (Fsp3) is 0.833. The zero-order valence-corrected chi connectivity index (χ0v) is 10.4. The average molecular weight is 257 g/mol. The van der Waals surface area contributed by atoms with E-state index in [1.165, 1.54) is 0 Å². The molecule has 0 aromatic heterocycles. The number of nitrogens with one attached hydrogen (secondary N) is 1. The Hall–Kier alpha value is -1.14. The number of hydrogen-bond donors (Lipinski definition) is 2. The Morgan fingerprint density at radius 2 is 2.17 bits per heavy atom. The van der Waals surface area contributed by atoms with E-state index in [0.29, 0.717) is 26.0 Å². The van der Waals surface area contributed by atoms with Crippen LogP contribution < -0.4 is 5.32 Å². The molecule has 0 aromatic carbocycles. The van der Waals surface area contributed by atoms with Crippen LogP contribution in [-0.4, -0.2) is 48.4 Å². The van der Waals surface area contributed by atoms with Gasteiger partial charge in [0.1, 0.15) is 0 Å². The summed E-state index contributed by atoms with van der Waals surface area (Å²) in [7, 11) is 0. The molecule has 2 aliphatic heterocycles. The topological polar surface area (TPSA) is 84.9 Å². The van der Waals surface area contributed by atoms with Gasteiger partial charge in [0.2, 0.25) is 5.91 Å². The molecule has 6 heteroatoms. The summed E-state index contributed by atoms with van der Waals surface area (Å²) in [6, 6.07) is 0. The van der Waals surface area contributed by atoms with E-state index in [9.17, 15) is 9.59 Å². The van der Waals surface area contributed by atoms with Gasteiger partial charge in [-0.05, 0) is 26.2 Å². The third kappa shape index (κ3) is 3.20. The van der Waals surface area contributed by atoms with Gasteiger partial charge in [-0.25, -0.2) is 4.79 Å². The first-order chi connectivity index (χ1) is 8.56. The van der Waals surface area contributed by atoms with Gasteiger partial charge >= 0.3 is 5.97 Å². The molecule has 0 bridgehead atoms. The van der Waals surface area contributed by atoms with Gasteiger partial charge in [0.25, 0.3) is 0 Å². The molecule has 0 spiro atoms. The van der Waals surface area contributed by atoms with Crippen LogP contribution in [0.3, 0.4) is 0 Å². The van der Waals surface area contributed by atoms with Gasteiger partial charge in [-0.1, -0.05) is 0 Å². The highest BCUT2D eigenvalue weighted by Gasteiger charge is 2.32. The number of carboxylic acid groups (broad SMARTS) is 1. The molecule has 2 aliphatic rings. The Morgan fingerprint density at radius 3 is 2.72 bits per heavy atom. The number of amides is 1. The molecule has 0 aliphatic carbocycles. The second-order valence-corrected chi connectivity index (χ2v) is 4.98. The Morgan fingerprint density at radius 1 is 1.39 bits per heavy atom. The molecule has 2 saturated heterocycles. The predicted molar refractivity (Wildman–Crippen MR) is 62.1 cm³/mol. The summed E-state index contributed by atoms with van der Waals surface area (Å²) in [6.07, 6.45) is 1.17. The van der Waals surface area contributed by atoms with E-state index in [4.69, 9.17) is 14.6 Å². The summed E-state index contributed by atoms with van der Waals surface area (Å²) in [4.78, 5) is 22.5. The predicted octanol–water partition coefficient (Wildman–Crippen LogP) is 0.160. The normalized spacial score (nSPS) is 35.6. The Balaban J connectivity index is 1.69. The maximum Gasteiger partial charge on any atom is 0.332 e. The molecule has 18 heavy (non-hydrogen) atoms. The minimum absolute atomic E-state index is 0.0262. The zero-order chi connectivity index (χ0) is 13.1. The van der Waals surface area contributed by atoms with Crippen molar-refractivity contribution in [3.8, 4) is 0 Å². The average Bonchev–Trinajstić information content (AvgIpc) is 2.94. The maximum atomic E-state index is 11.8. The van der Waals surface area contributed by atoms with Gasteiger partial charge < -0.3 is 19.9 Å². The van der Waals surface area contributed by atoms with Crippen LogP contribution in [0.25, 0.3) is 0 Å². The first kappa shape index (κ1) is 13.3. The van der Waals surface area contributed by atoms with Crippen LogP contribution in [0.1, 0.15) is 26.2 Å². The maximum absolute atomic E-state index is 11.8. The third-order valence-corrected chi connectivity index (χ3v) is 3.46. The number of carbonyl (C=O) groups is 2. The molecule has 0 aromatic rings. The lowest BCUT2D eigenvalue weighted by Crippen LogP contribution is -2.37. The standard InChI is InChI=1S/C12H19NO5/c1-7-4-8(6-17-7)11(14)13-5-9-2-3-10(18-9)12(15)16/h7-10H,2-6H2,1H3,(H,13,14)(H,15,16). The second-order valence-electron chi connectivity index (χ2n) is 4.98.